The third-order valence-corrected chi connectivity index (χ3v) is 2.51. The zero-order valence-corrected chi connectivity index (χ0v) is 8.68. The van der Waals surface area contributed by atoms with E-state index in [1.54, 1.807) is 18.3 Å². The molecule has 0 aromatic carbocycles. The van der Waals surface area contributed by atoms with E-state index >= 15 is 0 Å². The van der Waals surface area contributed by atoms with Crippen molar-refractivity contribution in [2.45, 2.75) is 0 Å². The number of nitrogens with two attached hydrogens (primary N) is 1. The number of hydrogen-bond donors (Lipinski definition) is 2. The van der Waals surface area contributed by atoms with Gasteiger partial charge in [-0.1, -0.05) is 12.2 Å². The molecule has 3 N–H and O–H groups in total. The zero-order valence-electron chi connectivity index (χ0n) is 8.68. The van der Waals surface area contributed by atoms with Crippen molar-refractivity contribution in [3.63, 3.8) is 0 Å². The fourth-order valence-electron chi connectivity index (χ4n) is 1.76. The zero-order chi connectivity index (χ0) is 11.8. The summed E-state index contributed by atoms with van der Waals surface area (Å²) in [5, 5.41) is 1.52. The molecule has 1 aromatic rings. The summed E-state index contributed by atoms with van der Waals surface area (Å²) in [6, 6.07) is 0. The predicted octanol–water partition coefficient (Wildman–Crippen LogP) is -1.79. The Hall–Kier alpha value is -2.63. The number of aromatic nitrogens is 2. The molecule has 17 heavy (non-hydrogen) atoms. The number of hydrogen-bond acceptors (Lipinski definition) is 5. The molecule has 0 atom stereocenters. The number of carbonyl (C=O) groups is 1. The second kappa shape index (κ2) is 3.44. The Morgan fingerprint density at radius 1 is 1.47 bits per heavy atom. The number of allylic oxidation sites excluding steroid dienone is 1. The highest BCUT2D eigenvalue weighted by Gasteiger charge is 2.25. The van der Waals surface area contributed by atoms with Crippen molar-refractivity contribution < 1.29 is 9.63 Å². The molecule has 1 aliphatic heterocycles. The monoisotopic (exact) mass is 228 g/mol. The third-order valence-electron chi connectivity index (χ3n) is 2.51. The van der Waals surface area contributed by atoms with Crippen LogP contribution in [0.3, 0.4) is 0 Å². The van der Waals surface area contributed by atoms with Crippen LogP contribution in [0.25, 0.3) is 11.8 Å². The molecule has 0 spiro atoms. The average molecular weight is 228 g/mol. The number of fused-ring (bicyclic) bond motifs is 2. The van der Waals surface area contributed by atoms with E-state index in [1.807, 2.05) is 6.08 Å². The van der Waals surface area contributed by atoms with Crippen LogP contribution < -0.4 is 21.8 Å². The Morgan fingerprint density at radius 3 is 3.18 bits per heavy atom. The molecule has 0 radical (unpaired) electrons. The van der Waals surface area contributed by atoms with Crippen molar-refractivity contribution in [1.29, 1.82) is 0 Å². The van der Waals surface area contributed by atoms with E-state index in [1.165, 1.54) is 6.33 Å². The maximum absolute atomic E-state index is 11.2. The van der Waals surface area contributed by atoms with Gasteiger partial charge in [0, 0.05) is 11.4 Å². The quantitative estimate of drug-likeness (QED) is 0.592. The van der Waals surface area contributed by atoms with Crippen LogP contribution in [0.4, 0.5) is 0 Å². The molecule has 1 amide bonds. The number of carbonyl (C=O) groups excluding carboxylic acids is 1. The highest BCUT2D eigenvalue weighted by molar-refractivity contribution is 5.96. The summed E-state index contributed by atoms with van der Waals surface area (Å²) in [5.41, 5.74) is 9.12. The largest absolute Gasteiger partial charge is 0.375 e. The molecule has 2 aliphatic rings. The first-order chi connectivity index (χ1) is 8.27. The normalized spacial score (nSPS) is 16.4. The molecule has 6 nitrogen and oxygen atoms in total. The van der Waals surface area contributed by atoms with E-state index in [4.69, 9.17) is 10.6 Å². The molecular formula is C11H8N4O2. The highest BCUT2D eigenvalue weighted by atomic mass is 16.7. The van der Waals surface area contributed by atoms with Crippen molar-refractivity contribution in [3.05, 3.63) is 46.6 Å². The first-order valence-corrected chi connectivity index (χ1v) is 4.93. The van der Waals surface area contributed by atoms with Crippen LogP contribution in [-0.2, 0) is 9.63 Å². The van der Waals surface area contributed by atoms with Crippen LogP contribution in [0.1, 0.15) is 0 Å². The Kier molecular flexibility index (Phi) is 1.94. The minimum absolute atomic E-state index is 0.0936. The Bertz CT molecular complexity index is 688. The number of amides is 1. The van der Waals surface area contributed by atoms with Crippen molar-refractivity contribution in [2.75, 3.05) is 0 Å². The van der Waals surface area contributed by atoms with E-state index < -0.39 is 5.91 Å². The maximum Gasteiger partial charge on any atom is 0.287 e. The summed E-state index contributed by atoms with van der Waals surface area (Å²) in [7, 11) is 0. The number of rotatable bonds is 1. The van der Waals surface area contributed by atoms with Gasteiger partial charge in [-0.25, -0.2) is 15.4 Å². The lowest BCUT2D eigenvalue weighted by Gasteiger charge is -1.98. The second-order valence-corrected chi connectivity index (χ2v) is 3.54. The van der Waals surface area contributed by atoms with Gasteiger partial charge in [0.05, 0.1) is 5.57 Å². The van der Waals surface area contributed by atoms with Crippen LogP contribution in [0.5, 0.6) is 0 Å². The molecule has 0 bridgehead atoms. The van der Waals surface area contributed by atoms with E-state index in [0.29, 0.717) is 16.6 Å². The first-order valence-electron chi connectivity index (χ1n) is 4.93. The van der Waals surface area contributed by atoms with Gasteiger partial charge in [0.1, 0.15) is 17.4 Å². The topological polar surface area (TPSA) is 90.1 Å². The molecule has 84 valence electrons. The van der Waals surface area contributed by atoms with E-state index in [9.17, 15) is 4.79 Å². The van der Waals surface area contributed by atoms with E-state index in [0.717, 1.165) is 5.22 Å². The number of primary amides is 1. The van der Waals surface area contributed by atoms with Gasteiger partial charge in [0.15, 0.2) is 0 Å². The molecule has 6 heteroatoms. The predicted molar refractivity (Wildman–Crippen MR) is 58.7 cm³/mol. The fraction of sp³-hybridized carbons (Fsp3) is 0. The molecule has 0 saturated heterocycles. The SMILES string of the molecule is NC(=O)C1=C2C=CC=c3cncnc3=C2NO1. The Labute approximate surface area is 95.8 Å². The number of hydroxylamine groups is 1. The van der Waals surface area contributed by atoms with Gasteiger partial charge in [0.25, 0.3) is 5.91 Å². The minimum Gasteiger partial charge on any atom is -0.375 e. The lowest BCUT2D eigenvalue weighted by molar-refractivity contribution is -0.118. The Morgan fingerprint density at radius 2 is 2.35 bits per heavy atom. The van der Waals surface area contributed by atoms with E-state index in [2.05, 4.69) is 15.4 Å². The van der Waals surface area contributed by atoms with Crippen LogP contribution in [0.2, 0.25) is 0 Å². The first kappa shape index (κ1) is 9.59. The van der Waals surface area contributed by atoms with Gasteiger partial charge in [-0.05, 0) is 6.08 Å². The molecule has 2 heterocycles. The van der Waals surface area contributed by atoms with Gasteiger partial charge in [-0.15, -0.1) is 0 Å². The smallest absolute Gasteiger partial charge is 0.287 e. The molecule has 0 unspecified atom stereocenters. The Balaban J connectivity index is 2.40. The van der Waals surface area contributed by atoms with Gasteiger partial charge in [0.2, 0.25) is 5.76 Å². The van der Waals surface area contributed by atoms with Gasteiger partial charge < -0.3 is 10.6 Å². The van der Waals surface area contributed by atoms with Crippen molar-refractivity contribution >= 4 is 17.7 Å². The molecular weight excluding hydrogens is 220 g/mol. The molecule has 0 fully saturated rings. The second-order valence-electron chi connectivity index (χ2n) is 3.54. The molecule has 0 saturated carbocycles. The van der Waals surface area contributed by atoms with Crippen molar-refractivity contribution in [1.82, 2.24) is 15.4 Å². The minimum atomic E-state index is -0.621. The third kappa shape index (κ3) is 1.38. The van der Waals surface area contributed by atoms with Gasteiger partial charge in [-0.3, -0.25) is 4.79 Å². The highest BCUT2D eigenvalue weighted by Crippen LogP contribution is 2.22. The summed E-state index contributed by atoms with van der Waals surface area (Å²) >= 11 is 0. The maximum atomic E-state index is 11.2. The van der Waals surface area contributed by atoms with Crippen LogP contribution in [0.15, 0.2) is 36.0 Å². The number of nitrogens with zero attached hydrogens (tertiary/aromatic N) is 2. The van der Waals surface area contributed by atoms with Crippen LogP contribution >= 0.6 is 0 Å². The molecule has 1 aromatic heterocycles. The van der Waals surface area contributed by atoms with Crippen molar-refractivity contribution in [3.8, 4) is 0 Å². The van der Waals surface area contributed by atoms with Gasteiger partial charge >= 0.3 is 0 Å². The van der Waals surface area contributed by atoms with Crippen molar-refractivity contribution in [2.24, 2.45) is 5.73 Å². The summed E-state index contributed by atoms with van der Waals surface area (Å²) in [6.07, 6.45) is 8.52. The summed E-state index contributed by atoms with van der Waals surface area (Å²) < 4.78 is 0. The lowest BCUT2D eigenvalue weighted by Crippen LogP contribution is -2.33. The van der Waals surface area contributed by atoms with Crippen LogP contribution in [0, 0.1) is 0 Å². The fourth-order valence-corrected chi connectivity index (χ4v) is 1.76. The standard InChI is InChI=1S/C11H8N4O2/c12-11(16)10-7-3-1-2-6-4-13-5-14-8(6)9(7)15-17-10/h1-5,15H,(H2,12,16). The van der Waals surface area contributed by atoms with Crippen LogP contribution in [-0.4, -0.2) is 15.9 Å². The number of nitrogens with one attached hydrogen (secondary N) is 1. The molecule has 3 rings (SSSR count). The van der Waals surface area contributed by atoms with Gasteiger partial charge in [-0.2, -0.15) is 0 Å². The molecule has 1 aliphatic carbocycles. The summed E-state index contributed by atoms with van der Waals surface area (Å²) in [6.45, 7) is 0. The van der Waals surface area contributed by atoms with E-state index in [-0.39, 0.29) is 5.76 Å². The average Bonchev–Trinajstić information content (AvgIpc) is 2.66. The summed E-state index contributed by atoms with van der Waals surface area (Å²) in [5.74, 6) is -0.527. The summed E-state index contributed by atoms with van der Waals surface area (Å²) in [4.78, 5) is 24.4. The lowest BCUT2D eigenvalue weighted by atomic mass is 10.1.